The molecule has 35 heavy (non-hydrogen) atoms. The van der Waals surface area contributed by atoms with Crippen molar-refractivity contribution in [3.8, 4) is 5.75 Å². The Kier molecular flexibility index (Phi) is 8.68. The summed E-state index contributed by atoms with van der Waals surface area (Å²) in [5.74, 6) is 0.0269. The largest absolute Gasteiger partial charge is 0.490 e. The fourth-order valence-electron chi connectivity index (χ4n) is 3.22. The normalized spacial score (nSPS) is 11.3. The standard InChI is InChI=1S/C26H26ClN3O4S/c1-4-14-34-23-7-5-6-21(16-23)17-28-29-26(31)18-30(25-13-10-22(27)15-20(25)3)35(32,33)24-11-8-19(2)9-12-24/h4-13,15-17H,1,14,18H2,2-3H3,(H,29,31)/b28-17-. The zero-order chi connectivity index (χ0) is 25.4. The third-order valence-electron chi connectivity index (χ3n) is 4.95. The molecule has 3 aromatic carbocycles. The van der Waals surface area contributed by atoms with E-state index in [1.807, 2.05) is 6.92 Å². The summed E-state index contributed by atoms with van der Waals surface area (Å²) in [5.41, 5.74) is 4.98. The maximum atomic E-state index is 13.5. The second-order valence-electron chi connectivity index (χ2n) is 7.72. The van der Waals surface area contributed by atoms with Crippen LogP contribution in [-0.2, 0) is 14.8 Å². The monoisotopic (exact) mass is 511 g/mol. The number of halogens is 1. The molecule has 0 aliphatic rings. The average Bonchev–Trinajstić information content (AvgIpc) is 2.82. The average molecular weight is 512 g/mol. The molecule has 7 nitrogen and oxygen atoms in total. The minimum absolute atomic E-state index is 0.0742. The first-order valence-corrected chi connectivity index (χ1v) is 12.5. The minimum Gasteiger partial charge on any atom is -0.490 e. The molecule has 0 saturated carbocycles. The summed E-state index contributed by atoms with van der Waals surface area (Å²) < 4.78 is 33.5. The Balaban J connectivity index is 1.82. The van der Waals surface area contributed by atoms with Crippen molar-refractivity contribution in [2.45, 2.75) is 18.7 Å². The van der Waals surface area contributed by atoms with Crippen LogP contribution in [0.4, 0.5) is 5.69 Å². The number of hydrazone groups is 1. The molecule has 0 radical (unpaired) electrons. The quantitative estimate of drug-likeness (QED) is 0.239. The number of anilines is 1. The van der Waals surface area contributed by atoms with Crippen molar-refractivity contribution >= 4 is 39.4 Å². The Morgan fingerprint density at radius 1 is 1.11 bits per heavy atom. The van der Waals surface area contributed by atoms with E-state index in [9.17, 15) is 13.2 Å². The van der Waals surface area contributed by atoms with Crippen molar-refractivity contribution in [3.63, 3.8) is 0 Å². The third-order valence-corrected chi connectivity index (χ3v) is 6.96. The fourth-order valence-corrected chi connectivity index (χ4v) is 4.93. The van der Waals surface area contributed by atoms with E-state index in [4.69, 9.17) is 16.3 Å². The molecule has 0 saturated heterocycles. The molecule has 0 fully saturated rings. The summed E-state index contributed by atoms with van der Waals surface area (Å²) in [5, 5.41) is 4.43. The first kappa shape index (κ1) is 26.0. The number of ether oxygens (including phenoxy) is 1. The van der Waals surface area contributed by atoms with E-state index in [0.29, 0.717) is 34.2 Å². The van der Waals surface area contributed by atoms with Gasteiger partial charge in [-0.15, -0.1) is 0 Å². The summed E-state index contributed by atoms with van der Waals surface area (Å²) >= 11 is 6.06. The van der Waals surface area contributed by atoms with Gasteiger partial charge >= 0.3 is 0 Å². The number of hydrogen-bond acceptors (Lipinski definition) is 5. The molecule has 9 heteroatoms. The van der Waals surface area contributed by atoms with Crippen LogP contribution in [0.15, 0.2) is 89.4 Å². The van der Waals surface area contributed by atoms with E-state index in [2.05, 4.69) is 17.1 Å². The van der Waals surface area contributed by atoms with Crippen LogP contribution in [-0.4, -0.2) is 33.7 Å². The highest BCUT2D eigenvalue weighted by Gasteiger charge is 2.28. The molecular formula is C26H26ClN3O4S. The van der Waals surface area contributed by atoms with Crippen molar-refractivity contribution in [3.05, 3.63) is 101 Å². The van der Waals surface area contributed by atoms with E-state index < -0.39 is 22.5 Å². The van der Waals surface area contributed by atoms with Crippen LogP contribution >= 0.6 is 11.6 Å². The Hall–Kier alpha value is -3.62. The lowest BCUT2D eigenvalue weighted by Crippen LogP contribution is -2.40. The van der Waals surface area contributed by atoms with Gasteiger partial charge in [-0.05, 0) is 67.4 Å². The molecule has 1 N–H and O–H groups in total. The topological polar surface area (TPSA) is 88.1 Å². The second kappa shape index (κ2) is 11.7. The zero-order valence-electron chi connectivity index (χ0n) is 19.4. The molecule has 0 aliphatic carbocycles. The van der Waals surface area contributed by atoms with Crippen LogP contribution in [0.2, 0.25) is 5.02 Å². The highest BCUT2D eigenvalue weighted by Crippen LogP contribution is 2.29. The van der Waals surface area contributed by atoms with Gasteiger partial charge in [-0.25, -0.2) is 13.8 Å². The predicted molar refractivity (Wildman–Crippen MR) is 140 cm³/mol. The van der Waals surface area contributed by atoms with Gasteiger partial charge in [0.15, 0.2) is 0 Å². The van der Waals surface area contributed by atoms with Crippen LogP contribution < -0.4 is 14.5 Å². The van der Waals surface area contributed by atoms with Crippen molar-refractivity contribution in [2.75, 3.05) is 17.5 Å². The maximum absolute atomic E-state index is 13.5. The van der Waals surface area contributed by atoms with Gasteiger partial charge in [0.1, 0.15) is 18.9 Å². The van der Waals surface area contributed by atoms with Crippen LogP contribution in [0.25, 0.3) is 0 Å². The lowest BCUT2D eigenvalue weighted by Gasteiger charge is -2.25. The number of amides is 1. The number of nitrogens with one attached hydrogen (secondary N) is 1. The molecule has 0 unspecified atom stereocenters. The highest BCUT2D eigenvalue weighted by molar-refractivity contribution is 7.92. The number of carbonyl (C=O) groups excluding carboxylic acids is 1. The smallest absolute Gasteiger partial charge is 0.264 e. The molecule has 3 rings (SSSR count). The van der Waals surface area contributed by atoms with E-state index in [-0.39, 0.29) is 4.90 Å². The van der Waals surface area contributed by atoms with Gasteiger partial charge < -0.3 is 4.74 Å². The second-order valence-corrected chi connectivity index (χ2v) is 10.0. The predicted octanol–water partition coefficient (Wildman–Crippen LogP) is 4.87. The van der Waals surface area contributed by atoms with Crippen LogP contribution in [0.1, 0.15) is 16.7 Å². The Bertz CT molecular complexity index is 1340. The Morgan fingerprint density at radius 3 is 2.54 bits per heavy atom. The SMILES string of the molecule is C=CCOc1cccc(/C=N\NC(=O)CN(c2ccc(Cl)cc2C)S(=O)(=O)c2ccc(C)cc2)c1. The summed E-state index contributed by atoms with van der Waals surface area (Å²) in [6.07, 6.45) is 3.09. The Labute approximate surface area is 210 Å². The van der Waals surface area contributed by atoms with Gasteiger partial charge in [-0.3, -0.25) is 9.10 Å². The lowest BCUT2D eigenvalue weighted by atomic mass is 10.2. The number of sulfonamides is 1. The van der Waals surface area contributed by atoms with Gasteiger partial charge in [0.2, 0.25) is 0 Å². The molecule has 0 heterocycles. The van der Waals surface area contributed by atoms with E-state index >= 15 is 0 Å². The maximum Gasteiger partial charge on any atom is 0.264 e. The van der Waals surface area contributed by atoms with Gasteiger partial charge in [0.25, 0.3) is 15.9 Å². The van der Waals surface area contributed by atoms with Crippen molar-refractivity contribution < 1.29 is 17.9 Å². The van der Waals surface area contributed by atoms with E-state index in [0.717, 1.165) is 9.87 Å². The van der Waals surface area contributed by atoms with Crippen molar-refractivity contribution in [1.29, 1.82) is 0 Å². The van der Waals surface area contributed by atoms with Gasteiger partial charge in [-0.2, -0.15) is 5.10 Å². The number of hydrogen-bond donors (Lipinski definition) is 1. The number of aryl methyl sites for hydroxylation is 2. The van der Waals surface area contributed by atoms with Crippen LogP contribution in [0.5, 0.6) is 5.75 Å². The summed E-state index contributed by atoms with van der Waals surface area (Å²) in [6.45, 7) is 7.10. The minimum atomic E-state index is -4.04. The molecule has 0 atom stereocenters. The highest BCUT2D eigenvalue weighted by atomic mass is 35.5. The first-order valence-electron chi connectivity index (χ1n) is 10.7. The van der Waals surface area contributed by atoms with Crippen LogP contribution in [0.3, 0.4) is 0 Å². The van der Waals surface area contributed by atoms with Crippen molar-refractivity contribution in [2.24, 2.45) is 5.10 Å². The third kappa shape index (κ3) is 6.94. The number of benzene rings is 3. The molecule has 0 spiro atoms. The molecule has 1 amide bonds. The van der Waals surface area contributed by atoms with Crippen molar-refractivity contribution in [1.82, 2.24) is 5.43 Å². The number of rotatable bonds is 10. The van der Waals surface area contributed by atoms with E-state index in [1.165, 1.54) is 18.3 Å². The van der Waals surface area contributed by atoms with Gasteiger partial charge in [0.05, 0.1) is 16.8 Å². The van der Waals surface area contributed by atoms with Gasteiger partial charge in [0, 0.05) is 5.02 Å². The first-order chi connectivity index (χ1) is 16.7. The summed E-state index contributed by atoms with van der Waals surface area (Å²) in [7, 11) is -4.04. The molecule has 0 bridgehead atoms. The summed E-state index contributed by atoms with van der Waals surface area (Å²) in [6, 6.07) is 18.4. The molecule has 182 valence electrons. The van der Waals surface area contributed by atoms with Gasteiger partial charge in [-0.1, -0.05) is 54.1 Å². The molecule has 0 aliphatic heterocycles. The lowest BCUT2D eigenvalue weighted by molar-refractivity contribution is -0.119. The van der Waals surface area contributed by atoms with Crippen LogP contribution in [0, 0.1) is 13.8 Å². The molecule has 3 aromatic rings. The number of nitrogens with zero attached hydrogens (tertiary/aromatic N) is 2. The fraction of sp³-hybridized carbons (Fsp3) is 0.154. The Morgan fingerprint density at radius 2 is 1.86 bits per heavy atom. The number of carbonyl (C=O) groups is 1. The molecule has 0 aromatic heterocycles. The molecular weight excluding hydrogens is 486 g/mol. The van der Waals surface area contributed by atoms with E-state index in [1.54, 1.807) is 67.6 Å². The zero-order valence-corrected chi connectivity index (χ0v) is 21.0. The summed E-state index contributed by atoms with van der Waals surface area (Å²) in [4.78, 5) is 12.8.